The number of carbonyl (C=O) groups is 1. The highest BCUT2D eigenvalue weighted by Gasteiger charge is 2.29. The molecule has 7 heteroatoms. The third-order valence-electron chi connectivity index (χ3n) is 2.04. The van der Waals surface area contributed by atoms with Gasteiger partial charge in [-0.1, -0.05) is 23.2 Å². The summed E-state index contributed by atoms with van der Waals surface area (Å²) in [5.74, 6) is -0.773. The summed E-state index contributed by atoms with van der Waals surface area (Å²) < 4.78 is 35.9. The van der Waals surface area contributed by atoms with Crippen molar-refractivity contribution in [3.05, 3.63) is 27.7 Å². The van der Waals surface area contributed by atoms with Gasteiger partial charge in [-0.15, -0.1) is 0 Å². The van der Waals surface area contributed by atoms with Crippen LogP contribution in [0.4, 0.5) is 18.9 Å². The first-order valence-electron chi connectivity index (χ1n) is 4.56. The van der Waals surface area contributed by atoms with Gasteiger partial charge >= 0.3 is 6.18 Å². The van der Waals surface area contributed by atoms with Gasteiger partial charge in [0, 0.05) is 6.42 Å². The Labute approximate surface area is 105 Å². The summed E-state index contributed by atoms with van der Waals surface area (Å²) in [6.45, 7) is 0. The molecule has 1 rings (SSSR count). The number of alkyl halides is 3. The molecule has 0 radical (unpaired) electrons. The minimum absolute atomic E-state index is 0.00336. The first-order chi connectivity index (χ1) is 7.72. The minimum atomic E-state index is -4.39. The molecule has 94 valence electrons. The van der Waals surface area contributed by atoms with E-state index in [1.54, 1.807) is 0 Å². The van der Waals surface area contributed by atoms with E-state index in [9.17, 15) is 18.0 Å². The first kappa shape index (κ1) is 14.1. The average molecular weight is 286 g/mol. The highest BCUT2D eigenvalue weighted by molar-refractivity contribution is 6.41. The zero-order valence-corrected chi connectivity index (χ0v) is 9.96. The minimum Gasteiger partial charge on any atom is -0.398 e. The molecule has 1 aromatic rings. The summed E-state index contributed by atoms with van der Waals surface area (Å²) in [5.41, 5.74) is 5.39. The predicted molar refractivity (Wildman–Crippen MR) is 60.5 cm³/mol. The number of carbonyl (C=O) groups excluding carboxylic acids is 1. The van der Waals surface area contributed by atoms with E-state index in [1.807, 2.05) is 0 Å². The van der Waals surface area contributed by atoms with E-state index >= 15 is 0 Å². The molecule has 0 heterocycles. The van der Waals surface area contributed by atoms with Gasteiger partial charge in [0.1, 0.15) is 0 Å². The lowest BCUT2D eigenvalue weighted by Crippen LogP contribution is -2.12. The quantitative estimate of drug-likeness (QED) is 0.671. The van der Waals surface area contributed by atoms with Gasteiger partial charge in [-0.3, -0.25) is 4.79 Å². The van der Waals surface area contributed by atoms with Gasteiger partial charge in [0.05, 0.1) is 27.7 Å². The molecular weight excluding hydrogens is 278 g/mol. The number of hydrogen-bond acceptors (Lipinski definition) is 2. The molecule has 0 unspecified atom stereocenters. The second kappa shape index (κ2) is 5.14. The fourth-order valence-corrected chi connectivity index (χ4v) is 1.79. The second-order valence-electron chi connectivity index (χ2n) is 3.36. The monoisotopic (exact) mass is 285 g/mol. The molecule has 0 aliphatic heterocycles. The molecule has 0 bridgehead atoms. The molecule has 2 N–H and O–H groups in total. The van der Waals surface area contributed by atoms with Crippen LogP contribution in [0.25, 0.3) is 0 Å². The maximum atomic E-state index is 12.0. The lowest BCUT2D eigenvalue weighted by molar-refractivity contribution is -0.133. The average Bonchev–Trinajstić information content (AvgIpc) is 2.20. The van der Waals surface area contributed by atoms with Crippen LogP contribution in [0.15, 0.2) is 12.1 Å². The van der Waals surface area contributed by atoms with Crippen LogP contribution in [0.2, 0.25) is 10.0 Å². The fourth-order valence-electron chi connectivity index (χ4n) is 1.20. The van der Waals surface area contributed by atoms with Crippen LogP contribution in [0.5, 0.6) is 0 Å². The Hall–Kier alpha value is -0.940. The van der Waals surface area contributed by atoms with Crippen LogP contribution < -0.4 is 5.73 Å². The zero-order chi connectivity index (χ0) is 13.2. The first-order valence-corrected chi connectivity index (χ1v) is 5.31. The second-order valence-corrected chi connectivity index (χ2v) is 4.15. The number of anilines is 1. The maximum Gasteiger partial charge on any atom is 0.389 e. The van der Waals surface area contributed by atoms with Crippen molar-refractivity contribution >= 4 is 34.7 Å². The van der Waals surface area contributed by atoms with Gasteiger partial charge in [0.15, 0.2) is 5.78 Å². The summed E-state index contributed by atoms with van der Waals surface area (Å²) >= 11 is 11.4. The largest absolute Gasteiger partial charge is 0.398 e. The Morgan fingerprint density at radius 2 is 1.88 bits per heavy atom. The Morgan fingerprint density at radius 1 is 1.29 bits per heavy atom. The molecule has 2 nitrogen and oxygen atoms in total. The fraction of sp³-hybridized carbons (Fsp3) is 0.300. The van der Waals surface area contributed by atoms with Gasteiger partial charge in [0.25, 0.3) is 0 Å². The van der Waals surface area contributed by atoms with E-state index in [-0.39, 0.29) is 21.3 Å². The van der Waals surface area contributed by atoms with Crippen LogP contribution in [0.1, 0.15) is 23.2 Å². The van der Waals surface area contributed by atoms with E-state index in [0.717, 1.165) is 0 Å². The SMILES string of the molecule is Nc1ccc(Cl)c(C(=O)CCC(F)(F)F)c1Cl. The van der Waals surface area contributed by atoms with E-state index < -0.39 is 24.8 Å². The van der Waals surface area contributed by atoms with Crippen molar-refractivity contribution in [1.29, 1.82) is 0 Å². The van der Waals surface area contributed by atoms with Gasteiger partial charge in [0.2, 0.25) is 0 Å². The van der Waals surface area contributed by atoms with Crippen LogP contribution in [-0.4, -0.2) is 12.0 Å². The number of rotatable bonds is 3. The number of halogens is 5. The Kier molecular flexibility index (Phi) is 4.27. The van der Waals surface area contributed by atoms with E-state index in [4.69, 9.17) is 28.9 Å². The van der Waals surface area contributed by atoms with Crippen molar-refractivity contribution in [1.82, 2.24) is 0 Å². The third-order valence-corrected chi connectivity index (χ3v) is 2.76. The van der Waals surface area contributed by atoms with Gasteiger partial charge in [-0.2, -0.15) is 13.2 Å². The molecule has 0 saturated carbocycles. The van der Waals surface area contributed by atoms with Crippen LogP contribution in [0.3, 0.4) is 0 Å². The summed E-state index contributed by atoms with van der Waals surface area (Å²) in [7, 11) is 0. The highest BCUT2D eigenvalue weighted by Crippen LogP contribution is 2.32. The topological polar surface area (TPSA) is 43.1 Å². The number of benzene rings is 1. The van der Waals surface area contributed by atoms with Gasteiger partial charge < -0.3 is 5.73 Å². The standard InChI is InChI=1S/C10H8Cl2F3NO/c11-5-1-2-6(16)9(12)8(5)7(17)3-4-10(13,14)15/h1-2H,3-4,16H2. The zero-order valence-electron chi connectivity index (χ0n) is 8.44. The number of Topliss-reactive ketones (excluding diaryl/α,β-unsaturated/α-hetero) is 1. The third kappa shape index (κ3) is 3.78. The molecule has 1 aromatic carbocycles. The molecular formula is C10H8Cl2F3NO. The summed E-state index contributed by atoms with van der Waals surface area (Å²) in [6.07, 6.45) is -6.31. The summed E-state index contributed by atoms with van der Waals surface area (Å²) in [4.78, 5) is 11.6. The summed E-state index contributed by atoms with van der Waals surface area (Å²) in [6, 6.07) is 2.70. The van der Waals surface area contributed by atoms with Crippen molar-refractivity contribution in [3.8, 4) is 0 Å². The van der Waals surface area contributed by atoms with Crippen molar-refractivity contribution in [2.24, 2.45) is 0 Å². The smallest absolute Gasteiger partial charge is 0.389 e. The summed E-state index contributed by atoms with van der Waals surface area (Å²) in [5, 5.41) is -0.110. The van der Waals surface area contributed by atoms with Crippen molar-refractivity contribution in [2.75, 3.05) is 5.73 Å². The van der Waals surface area contributed by atoms with Crippen LogP contribution in [0, 0.1) is 0 Å². The molecule has 0 aromatic heterocycles. The Morgan fingerprint density at radius 3 is 2.41 bits per heavy atom. The number of hydrogen-bond donors (Lipinski definition) is 1. The Balaban J connectivity index is 2.93. The molecule has 0 amide bonds. The van der Waals surface area contributed by atoms with E-state index in [2.05, 4.69) is 0 Å². The highest BCUT2D eigenvalue weighted by atomic mass is 35.5. The van der Waals surface area contributed by atoms with Crippen molar-refractivity contribution in [3.63, 3.8) is 0 Å². The van der Waals surface area contributed by atoms with Crippen LogP contribution in [-0.2, 0) is 0 Å². The maximum absolute atomic E-state index is 12.0. The molecule has 0 saturated heterocycles. The normalized spacial score (nSPS) is 11.6. The number of nitrogens with two attached hydrogens (primary N) is 1. The molecule has 17 heavy (non-hydrogen) atoms. The van der Waals surface area contributed by atoms with E-state index in [0.29, 0.717) is 0 Å². The lowest BCUT2D eigenvalue weighted by atomic mass is 10.1. The molecule has 0 aliphatic rings. The molecule has 0 spiro atoms. The molecule has 0 fully saturated rings. The van der Waals surface area contributed by atoms with Crippen LogP contribution >= 0.6 is 23.2 Å². The van der Waals surface area contributed by atoms with Crippen molar-refractivity contribution < 1.29 is 18.0 Å². The van der Waals surface area contributed by atoms with E-state index in [1.165, 1.54) is 12.1 Å². The van der Waals surface area contributed by atoms with Gasteiger partial charge in [-0.25, -0.2) is 0 Å². The molecule has 0 aliphatic carbocycles. The molecule has 0 atom stereocenters. The number of ketones is 1. The predicted octanol–water partition coefficient (Wildman–Crippen LogP) is 4.10. The Bertz CT molecular complexity index is 446. The van der Waals surface area contributed by atoms with Crippen molar-refractivity contribution in [2.45, 2.75) is 19.0 Å². The van der Waals surface area contributed by atoms with Gasteiger partial charge in [-0.05, 0) is 12.1 Å². The lowest BCUT2D eigenvalue weighted by Gasteiger charge is -2.09. The number of nitrogen functional groups attached to an aromatic ring is 1.